The fourth-order valence-electron chi connectivity index (χ4n) is 2.49. The molecule has 1 N–H and O–H groups in total. The molecule has 1 amide bonds. The van der Waals surface area contributed by atoms with Crippen LogP contribution in [0, 0.1) is 3.57 Å². The molecular weight excluding hydrogens is 551 g/mol. The molecular formula is C17H16BrIN2O3S2. The molecule has 1 saturated heterocycles. The second-order valence-corrected chi connectivity index (χ2v) is 10.8. The molecule has 138 valence electrons. The topological polar surface area (TPSA) is 66.5 Å². The molecule has 0 unspecified atom stereocenters. The Hall–Kier alpha value is -0.620. The first-order valence-electron chi connectivity index (χ1n) is 7.82. The van der Waals surface area contributed by atoms with E-state index in [0.29, 0.717) is 24.3 Å². The third-order valence-corrected chi connectivity index (χ3v) is 9.08. The summed E-state index contributed by atoms with van der Waals surface area (Å²) in [6.45, 7) is 1.07. The first-order valence-corrected chi connectivity index (χ1v) is 12.3. The molecule has 0 aliphatic carbocycles. The molecule has 0 radical (unpaired) electrons. The van der Waals surface area contributed by atoms with Crippen molar-refractivity contribution >= 4 is 71.9 Å². The predicted molar refractivity (Wildman–Crippen MR) is 117 cm³/mol. The summed E-state index contributed by atoms with van der Waals surface area (Å²) in [5, 5.41) is 2.79. The van der Waals surface area contributed by atoms with Gasteiger partial charge in [0.2, 0.25) is 10.0 Å². The Morgan fingerprint density at radius 2 is 1.77 bits per heavy atom. The van der Waals surface area contributed by atoms with Gasteiger partial charge in [0, 0.05) is 43.9 Å². The summed E-state index contributed by atoms with van der Waals surface area (Å²) >= 11 is 7.31. The van der Waals surface area contributed by atoms with Crippen LogP contribution in [0.2, 0.25) is 0 Å². The minimum atomic E-state index is -3.47. The van der Waals surface area contributed by atoms with Crippen LogP contribution in [0.3, 0.4) is 0 Å². The number of anilines is 1. The second-order valence-electron chi connectivity index (χ2n) is 5.62. The van der Waals surface area contributed by atoms with E-state index in [2.05, 4.69) is 43.8 Å². The number of carbonyl (C=O) groups is 1. The standard InChI is InChI=1S/C17H16BrIN2O3S2/c18-15-6-1-12(11-16(15)19)17(22)20-13-2-4-14(5-3-13)26(23,24)21-7-9-25-10-8-21/h1-6,11H,7-10H2,(H,20,22). The van der Waals surface area contributed by atoms with Crippen LogP contribution in [-0.4, -0.2) is 43.2 Å². The minimum absolute atomic E-state index is 0.237. The molecule has 2 aromatic rings. The van der Waals surface area contributed by atoms with Gasteiger partial charge in [-0.15, -0.1) is 0 Å². The molecule has 1 heterocycles. The lowest BCUT2D eigenvalue weighted by Crippen LogP contribution is -2.37. The maximum atomic E-state index is 12.6. The normalized spacial score (nSPS) is 15.6. The lowest BCUT2D eigenvalue weighted by Gasteiger charge is -2.25. The van der Waals surface area contributed by atoms with E-state index in [1.807, 2.05) is 6.07 Å². The maximum Gasteiger partial charge on any atom is 0.255 e. The van der Waals surface area contributed by atoms with Gasteiger partial charge in [0.25, 0.3) is 5.91 Å². The van der Waals surface area contributed by atoms with Crippen molar-refractivity contribution in [1.29, 1.82) is 0 Å². The molecule has 5 nitrogen and oxygen atoms in total. The molecule has 0 spiro atoms. The van der Waals surface area contributed by atoms with Gasteiger partial charge in [-0.3, -0.25) is 4.79 Å². The zero-order valence-corrected chi connectivity index (χ0v) is 19.0. The summed E-state index contributed by atoms with van der Waals surface area (Å²) < 4.78 is 28.7. The Morgan fingerprint density at radius 3 is 2.38 bits per heavy atom. The van der Waals surface area contributed by atoms with Crippen LogP contribution >= 0.6 is 50.3 Å². The molecule has 1 aliphatic heterocycles. The molecule has 1 fully saturated rings. The zero-order valence-electron chi connectivity index (χ0n) is 13.6. The van der Waals surface area contributed by atoms with E-state index in [9.17, 15) is 13.2 Å². The van der Waals surface area contributed by atoms with Crippen molar-refractivity contribution in [1.82, 2.24) is 4.31 Å². The summed E-state index contributed by atoms with van der Waals surface area (Å²) in [5.74, 6) is 1.40. The average Bonchev–Trinajstić information content (AvgIpc) is 2.65. The van der Waals surface area contributed by atoms with E-state index in [1.165, 1.54) is 16.4 Å². The van der Waals surface area contributed by atoms with Crippen LogP contribution in [0.25, 0.3) is 0 Å². The van der Waals surface area contributed by atoms with Gasteiger partial charge in [0.1, 0.15) is 0 Å². The highest BCUT2D eigenvalue weighted by Crippen LogP contribution is 2.23. The Balaban J connectivity index is 1.73. The molecule has 3 rings (SSSR count). The Kier molecular flexibility index (Phi) is 6.65. The van der Waals surface area contributed by atoms with E-state index in [4.69, 9.17) is 0 Å². The fourth-order valence-corrected chi connectivity index (χ4v) is 5.82. The number of halogens is 2. The molecule has 2 aromatic carbocycles. The lowest BCUT2D eigenvalue weighted by atomic mass is 10.2. The van der Waals surface area contributed by atoms with Crippen LogP contribution in [0.5, 0.6) is 0 Å². The van der Waals surface area contributed by atoms with Crippen molar-refractivity contribution in [2.24, 2.45) is 0 Å². The first-order chi connectivity index (χ1) is 12.4. The maximum absolute atomic E-state index is 12.6. The number of nitrogens with one attached hydrogen (secondary N) is 1. The molecule has 26 heavy (non-hydrogen) atoms. The van der Waals surface area contributed by atoms with E-state index < -0.39 is 10.0 Å². The first kappa shape index (κ1) is 20.1. The summed E-state index contributed by atoms with van der Waals surface area (Å²) in [6.07, 6.45) is 0. The summed E-state index contributed by atoms with van der Waals surface area (Å²) in [5.41, 5.74) is 1.10. The van der Waals surface area contributed by atoms with E-state index in [0.717, 1.165) is 19.5 Å². The van der Waals surface area contributed by atoms with Gasteiger partial charge in [0.15, 0.2) is 0 Å². The summed E-state index contributed by atoms with van der Waals surface area (Å²) in [4.78, 5) is 12.6. The number of thioether (sulfide) groups is 1. The number of amides is 1. The highest BCUT2D eigenvalue weighted by atomic mass is 127. The number of hydrogen-bond donors (Lipinski definition) is 1. The Morgan fingerprint density at radius 1 is 1.12 bits per heavy atom. The van der Waals surface area contributed by atoms with Crippen LogP contribution in [0.4, 0.5) is 5.69 Å². The number of sulfonamides is 1. The Labute approximate surface area is 179 Å². The number of rotatable bonds is 4. The molecule has 0 saturated carbocycles. The van der Waals surface area contributed by atoms with Gasteiger partial charge >= 0.3 is 0 Å². The predicted octanol–water partition coefficient (Wildman–Crippen LogP) is 4.04. The molecule has 0 atom stereocenters. The molecule has 1 aliphatic rings. The van der Waals surface area contributed by atoms with Gasteiger partial charge in [-0.05, 0) is 81.0 Å². The van der Waals surface area contributed by atoms with Crippen molar-refractivity contribution in [2.75, 3.05) is 29.9 Å². The van der Waals surface area contributed by atoms with Gasteiger partial charge < -0.3 is 5.32 Å². The fraction of sp³-hybridized carbons (Fsp3) is 0.235. The number of nitrogens with zero attached hydrogens (tertiary/aromatic N) is 1. The van der Waals surface area contributed by atoms with Crippen LogP contribution in [0.15, 0.2) is 51.8 Å². The SMILES string of the molecule is O=C(Nc1ccc(S(=O)(=O)N2CCSCC2)cc1)c1ccc(Br)c(I)c1. The van der Waals surface area contributed by atoms with Crippen LogP contribution in [0.1, 0.15) is 10.4 Å². The van der Waals surface area contributed by atoms with E-state index >= 15 is 0 Å². The van der Waals surface area contributed by atoms with Crippen molar-refractivity contribution in [2.45, 2.75) is 4.90 Å². The van der Waals surface area contributed by atoms with E-state index in [-0.39, 0.29) is 10.8 Å². The smallest absolute Gasteiger partial charge is 0.255 e. The lowest BCUT2D eigenvalue weighted by molar-refractivity contribution is 0.102. The van der Waals surface area contributed by atoms with Gasteiger partial charge in [-0.1, -0.05) is 0 Å². The third kappa shape index (κ3) is 4.61. The molecule has 0 aromatic heterocycles. The van der Waals surface area contributed by atoms with Gasteiger partial charge in [-0.25, -0.2) is 8.42 Å². The van der Waals surface area contributed by atoms with Crippen LogP contribution in [-0.2, 0) is 10.0 Å². The number of carbonyl (C=O) groups excluding carboxylic acids is 1. The molecule has 0 bridgehead atoms. The monoisotopic (exact) mass is 566 g/mol. The number of benzene rings is 2. The number of hydrogen-bond acceptors (Lipinski definition) is 4. The largest absolute Gasteiger partial charge is 0.322 e. The summed E-state index contributed by atoms with van der Waals surface area (Å²) in [7, 11) is -3.47. The van der Waals surface area contributed by atoms with E-state index in [1.54, 1.807) is 36.0 Å². The molecule has 9 heteroatoms. The van der Waals surface area contributed by atoms with Gasteiger partial charge in [0.05, 0.1) is 4.90 Å². The van der Waals surface area contributed by atoms with Crippen molar-refractivity contribution in [3.63, 3.8) is 0 Å². The Bertz CT molecular complexity index is 914. The van der Waals surface area contributed by atoms with Crippen molar-refractivity contribution in [3.05, 3.63) is 56.1 Å². The third-order valence-electron chi connectivity index (χ3n) is 3.90. The quantitative estimate of drug-likeness (QED) is 0.567. The zero-order chi connectivity index (χ0) is 18.7. The highest BCUT2D eigenvalue weighted by Gasteiger charge is 2.25. The van der Waals surface area contributed by atoms with Crippen molar-refractivity contribution < 1.29 is 13.2 Å². The van der Waals surface area contributed by atoms with Crippen LogP contribution < -0.4 is 5.32 Å². The second kappa shape index (κ2) is 8.59. The van der Waals surface area contributed by atoms with Gasteiger partial charge in [-0.2, -0.15) is 16.1 Å². The van der Waals surface area contributed by atoms with Crippen molar-refractivity contribution in [3.8, 4) is 0 Å². The summed E-state index contributed by atoms with van der Waals surface area (Å²) in [6, 6.07) is 11.7. The highest BCUT2D eigenvalue weighted by molar-refractivity contribution is 14.1. The average molecular weight is 567 g/mol. The minimum Gasteiger partial charge on any atom is -0.322 e.